The van der Waals surface area contributed by atoms with E-state index in [2.05, 4.69) is 30.7 Å². The molecule has 0 atom stereocenters. The summed E-state index contributed by atoms with van der Waals surface area (Å²) < 4.78 is 10.4. The van der Waals surface area contributed by atoms with Crippen molar-refractivity contribution < 1.29 is 31.5 Å². The van der Waals surface area contributed by atoms with Crippen LogP contribution in [-0.2, 0) is 4.74 Å². The molecule has 4 aromatic rings. The maximum Gasteiger partial charge on any atom is 0.413 e. The Balaban J connectivity index is 0.00000306. The largest absolute Gasteiger partial charge is 1.00 e. The molecular formula is C22H18Cl2N5O4-. The van der Waals surface area contributed by atoms with Crippen molar-refractivity contribution in [3.05, 3.63) is 71.8 Å². The molecule has 0 aliphatic heterocycles. The van der Waals surface area contributed by atoms with E-state index in [9.17, 15) is 9.59 Å². The van der Waals surface area contributed by atoms with Crippen LogP contribution in [0.2, 0.25) is 5.02 Å². The first-order valence-corrected chi connectivity index (χ1v) is 9.82. The molecule has 4 rings (SSSR count). The molecule has 0 fully saturated rings. The lowest BCUT2D eigenvalue weighted by Gasteiger charge is -2.09. The smallest absolute Gasteiger partial charge is 0.413 e. The zero-order valence-electron chi connectivity index (χ0n) is 17.2. The lowest BCUT2D eigenvalue weighted by atomic mass is 10.3. The lowest BCUT2D eigenvalue weighted by Crippen LogP contribution is -3.00. The number of H-pyrrole nitrogens is 1. The van der Waals surface area contributed by atoms with Gasteiger partial charge in [-0.2, -0.15) is 0 Å². The number of aromatic amines is 1. The first-order chi connectivity index (χ1) is 15.5. The normalized spacial score (nSPS) is 10.1. The van der Waals surface area contributed by atoms with Gasteiger partial charge in [-0.15, -0.1) is 0 Å². The molecule has 0 spiro atoms. The molecular weight excluding hydrogens is 469 g/mol. The average Bonchev–Trinajstić information content (AvgIpc) is 3.16. The van der Waals surface area contributed by atoms with E-state index in [0.717, 1.165) is 0 Å². The molecule has 0 saturated heterocycles. The van der Waals surface area contributed by atoms with Crippen molar-refractivity contribution in [3.8, 4) is 11.5 Å². The molecule has 3 aromatic carbocycles. The van der Waals surface area contributed by atoms with Gasteiger partial charge in [0.2, 0.25) is 5.95 Å². The van der Waals surface area contributed by atoms with E-state index in [1.165, 1.54) is 7.11 Å². The third kappa shape index (κ3) is 6.28. The Kier molecular flexibility index (Phi) is 7.60. The summed E-state index contributed by atoms with van der Waals surface area (Å²) in [4.78, 5) is 30.7. The van der Waals surface area contributed by atoms with Crippen LogP contribution in [0.3, 0.4) is 0 Å². The van der Waals surface area contributed by atoms with Gasteiger partial charge in [0.15, 0.2) is 0 Å². The summed E-state index contributed by atoms with van der Waals surface area (Å²) in [5.74, 6) is 1.43. The Morgan fingerprint density at radius 2 is 1.64 bits per heavy atom. The number of anilines is 3. The van der Waals surface area contributed by atoms with E-state index < -0.39 is 6.09 Å². The lowest BCUT2D eigenvalue weighted by molar-refractivity contribution is -0.0000146. The molecule has 1 heterocycles. The van der Waals surface area contributed by atoms with Gasteiger partial charge in [0, 0.05) is 22.5 Å². The second-order valence-electron chi connectivity index (χ2n) is 6.60. The van der Waals surface area contributed by atoms with Crippen LogP contribution >= 0.6 is 11.6 Å². The van der Waals surface area contributed by atoms with Crippen molar-refractivity contribution in [1.29, 1.82) is 0 Å². The minimum atomic E-state index is -0.615. The molecule has 0 saturated carbocycles. The van der Waals surface area contributed by atoms with Crippen molar-refractivity contribution in [2.24, 2.45) is 0 Å². The summed E-state index contributed by atoms with van der Waals surface area (Å²) >= 11 is 5.92. The van der Waals surface area contributed by atoms with Crippen molar-refractivity contribution >= 4 is 52.1 Å². The summed E-state index contributed by atoms with van der Waals surface area (Å²) in [6, 6.07) is 18.7. The SMILES string of the molecule is COC(=O)Nc1nc2ccc(Oc3ccc(NC(=O)Nc4cccc(Cl)c4)cc3)cc2[nH]1.[Cl-]. The van der Waals surface area contributed by atoms with Crippen LogP contribution in [0.5, 0.6) is 11.5 Å². The standard InChI is InChI=1S/C22H18ClN5O4.ClH/c1-31-22(30)28-20-26-18-10-9-17(12-19(18)27-20)32-16-7-5-14(6-8-16)24-21(29)25-15-4-2-3-13(23)11-15;/h2-12H,1H3,(H2,24,25,29)(H2,26,27,28,30);1H/p-1. The van der Waals surface area contributed by atoms with Gasteiger partial charge in [-0.05, 0) is 54.6 Å². The highest BCUT2D eigenvalue weighted by atomic mass is 35.5. The van der Waals surface area contributed by atoms with Gasteiger partial charge in [-0.1, -0.05) is 17.7 Å². The topological polar surface area (TPSA) is 117 Å². The van der Waals surface area contributed by atoms with Gasteiger partial charge in [0.1, 0.15) is 11.5 Å². The summed E-state index contributed by atoms with van der Waals surface area (Å²) in [6.07, 6.45) is -0.615. The van der Waals surface area contributed by atoms with Crippen LogP contribution in [0.15, 0.2) is 66.7 Å². The number of halogens is 2. The van der Waals surface area contributed by atoms with Crippen LogP contribution in [-0.4, -0.2) is 29.2 Å². The molecule has 33 heavy (non-hydrogen) atoms. The number of imidazole rings is 1. The maximum absolute atomic E-state index is 12.1. The van der Waals surface area contributed by atoms with Crippen LogP contribution in [0.25, 0.3) is 11.0 Å². The van der Waals surface area contributed by atoms with Gasteiger partial charge in [0.25, 0.3) is 0 Å². The van der Waals surface area contributed by atoms with Gasteiger partial charge >= 0.3 is 12.1 Å². The number of fused-ring (bicyclic) bond motifs is 1. The van der Waals surface area contributed by atoms with Gasteiger partial charge in [-0.3, -0.25) is 5.32 Å². The molecule has 1 aromatic heterocycles. The fraction of sp³-hybridized carbons (Fsp3) is 0.0455. The number of carbonyl (C=O) groups excluding carboxylic acids is 2. The number of aromatic nitrogens is 2. The first-order valence-electron chi connectivity index (χ1n) is 9.45. The van der Waals surface area contributed by atoms with E-state index in [1.807, 2.05) is 0 Å². The Morgan fingerprint density at radius 1 is 0.909 bits per heavy atom. The minimum Gasteiger partial charge on any atom is -1.00 e. The molecule has 0 radical (unpaired) electrons. The highest BCUT2D eigenvalue weighted by Gasteiger charge is 2.08. The quantitative estimate of drug-likeness (QED) is 0.346. The highest BCUT2D eigenvalue weighted by Crippen LogP contribution is 2.26. The van der Waals surface area contributed by atoms with Crippen molar-refractivity contribution in [2.75, 3.05) is 23.1 Å². The molecule has 11 heteroatoms. The van der Waals surface area contributed by atoms with Crippen LogP contribution < -0.4 is 33.1 Å². The predicted molar refractivity (Wildman–Crippen MR) is 123 cm³/mol. The summed E-state index contributed by atoms with van der Waals surface area (Å²) in [6.45, 7) is 0. The van der Waals surface area contributed by atoms with Gasteiger partial charge in [-0.25, -0.2) is 14.6 Å². The number of benzene rings is 3. The molecule has 0 aliphatic rings. The fourth-order valence-corrected chi connectivity index (χ4v) is 3.05. The first kappa shape index (κ1) is 23.7. The summed E-state index contributed by atoms with van der Waals surface area (Å²) in [7, 11) is 1.27. The van der Waals surface area contributed by atoms with Crippen molar-refractivity contribution in [2.45, 2.75) is 0 Å². The number of urea groups is 1. The number of amides is 3. The number of methoxy groups -OCH3 is 1. The molecule has 0 unspecified atom stereocenters. The zero-order chi connectivity index (χ0) is 22.5. The number of rotatable bonds is 5. The fourth-order valence-electron chi connectivity index (χ4n) is 2.86. The molecule has 0 aliphatic carbocycles. The van der Waals surface area contributed by atoms with E-state index in [-0.39, 0.29) is 24.4 Å². The average molecular weight is 487 g/mol. The zero-order valence-corrected chi connectivity index (χ0v) is 18.7. The number of hydrogen-bond acceptors (Lipinski definition) is 5. The third-order valence-electron chi connectivity index (χ3n) is 4.29. The number of carbonyl (C=O) groups is 2. The Morgan fingerprint density at radius 3 is 2.36 bits per heavy atom. The van der Waals surface area contributed by atoms with E-state index in [1.54, 1.807) is 66.7 Å². The Labute approximate surface area is 199 Å². The second kappa shape index (κ2) is 10.6. The number of hydrogen-bond donors (Lipinski definition) is 4. The summed E-state index contributed by atoms with van der Waals surface area (Å²) in [5, 5.41) is 8.46. The molecule has 4 N–H and O–H groups in total. The number of ether oxygens (including phenoxy) is 2. The second-order valence-corrected chi connectivity index (χ2v) is 7.03. The van der Waals surface area contributed by atoms with Gasteiger partial charge in [0.05, 0.1) is 18.1 Å². The van der Waals surface area contributed by atoms with Crippen LogP contribution in [0, 0.1) is 0 Å². The van der Waals surface area contributed by atoms with Crippen LogP contribution in [0.1, 0.15) is 0 Å². The number of nitrogens with one attached hydrogen (secondary N) is 4. The van der Waals surface area contributed by atoms with Gasteiger partial charge < -0.3 is 37.5 Å². The Bertz CT molecular complexity index is 1280. The molecule has 3 amide bonds. The monoisotopic (exact) mass is 486 g/mol. The van der Waals surface area contributed by atoms with Crippen LogP contribution in [0.4, 0.5) is 26.9 Å². The minimum absolute atomic E-state index is 0. The highest BCUT2D eigenvalue weighted by molar-refractivity contribution is 6.30. The van der Waals surface area contributed by atoms with E-state index in [4.69, 9.17) is 16.3 Å². The van der Waals surface area contributed by atoms with E-state index in [0.29, 0.717) is 38.9 Å². The number of nitrogens with zero attached hydrogens (tertiary/aromatic N) is 1. The molecule has 170 valence electrons. The van der Waals surface area contributed by atoms with E-state index >= 15 is 0 Å². The predicted octanol–water partition coefficient (Wildman–Crippen LogP) is 2.83. The maximum atomic E-state index is 12.1. The molecule has 9 nitrogen and oxygen atoms in total. The summed E-state index contributed by atoms with van der Waals surface area (Å²) in [5.41, 5.74) is 2.53. The van der Waals surface area contributed by atoms with Crippen molar-refractivity contribution in [3.63, 3.8) is 0 Å². The van der Waals surface area contributed by atoms with Crippen molar-refractivity contribution in [1.82, 2.24) is 9.97 Å². The molecule has 0 bridgehead atoms. The Hall–Kier alpha value is -3.95. The third-order valence-corrected chi connectivity index (χ3v) is 4.52.